The third-order valence-electron chi connectivity index (χ3n) is 2.57. The van der Waals surface area contributed by atoms with Crippen LogP contribution in [0.3, 0.4) is 0 Å². The second kappa shape index (κ2) is 5.30. The van der Waals surface area contributed by atoms with E-state index in [1.165, 1.54) is 5.56 Å². The maximum Gasteiger partial charge on any atom is 0.147 e. The molecule has 0 saturated heterocycles. The van der Waals surface area contributed by atoms with Gasteiger partial charge in [-0.2, -0.15) is 0 Å². The lowest BCUT2D eigenvalue weighted by Crippen LogP contribution is -2.08. The van der Waals surface area contributed by atoms with E-state index in [9.17, 15) is 0 Å². The van der Waals surface area contributed by atoms with E-state index in [0.717, 1.165) is 30.2 Å². The minimum Gasteiger partial charge on any atom is -0.399 e. The maximum absolute atomic E-state index is 5.63. The maximum atomic E-state index is 5.63. The Kier molecular flexibility index (Phi) is 3.55. The average Bonchev–Trinajstić information content (AvgIpc) is 2.34. The third kappa shape index (κ3) is 3.17. The van der Waals surface area contributed by atoms with E-state index in [4.69, 9.17) is 5.73 Å². The van der Waals surface area contributed by atoms with Gasteiger partial charge in [0, 0.05) is 24.6 Å². The molecule has 2 rings (SSSR count). The van der Waals surface area contributed by atoms with Crippen LogP contribution in [0.4, 0.5) is 11.5 Å². The van der Waals surface area contributed by atoms with Gasteiger partial charge in [0.2, 0.25) is 0 Å². The lowest BCUT2D eigenvalue weighted by atomic mass is 10.1. The Balaban J connectivity index is 1.88. The first-order valence-electron chi connectivity index (χ1n) is 5.61. The molecule has 0 unspecified atom stereocenters. The van der Waals surface area contributed by atoms with Crippen LogP contribution < -0.4 is 11.1 Å². The fourth-order valence-corrected chi connectivity index (χ4v) is 1.59. The summed E-state index contributed by atoms with van der Waals surface area (Å²) in [5.74, 6) is 0.850. The summed E-state index contributed by atoms with van der Waals surface area (Å²) in [6.45, 7) is 2.78. The molecule has 1 heterocycles. The van der Waals surface area contributed by atoms with Gasteiger partial charge < -0.3 is 11.1 Å². The summed E-state index contributed by atoms with van der Waals surface area (Å²) in [4.78, 5) is 8.40. The molecular weight excluding hydrogens is 212 g/mol. The molecule has 0 fully saturated rings. The monoisotopic (exact) mass is 228 g/mol. The number of aromatic nitrogens is 2. The summed E-state index contributed by atoms with van der Waals surface area (Å²) < 4.78 is 0. The van der Waals surface area contributed by atoms with Crippen LogP contribution in [-0.4, -0.2) is 16.5 Å². The predicted octanol–water partition coefficient (Wildman–Crippen LogP) is 2.02. The Morgan fingerprint density at radius 3 is 2.53 bits per heavy atom. The van der Waals surface area contributed by atoms with Gasteiger partial charge in [-0.3, -0.25) is 4.98 Å². The molecule has 0 atom stereocenters. The van der Waals surface area contributed by atoms with Gasteiger partial charge in [-0.15, -0.1) is 0 Å². The molecule has 0 aliphatic carbocycles. The number of nitrogens with zero attached hydrogens (tertiary/aromatic N) is 2. The number of aryl methyl sites for hydroxylation is 1. The minimum absolute atomic E-state index is 0.798. The first-order valence-corrected chi connectivity index (χ1v) is 5.61. The molecule has 0 radical (unpaired) electrons. The second-order valence-electron chi connectivity index (χ2n) is 3.91. The third-order valence-corrected chi connectivity index (χ3v) is 2.57. The lowest BCUT2D eigenvalue weighted by molar-refractivity contribution is 0.987. The van der Waals surface area contributed by atoms with Gasteiger partial charge in [0.1, 0.15) is 5.82 Å². The van der Waals surface area contributed by atoms with E-state index in [2.05, 4.69) is 15.3 Å². The van der Waals surface area contributed by atoms with Gasteiger partial charge in [0.25, 0.3) is 0 Å². The van der Waals surface area contributed by atoms with Crippen LogP contribution in [-0.2, 0) is 6.42 Å². The highest BCUT2D eigenvalue weighted by Crippen LogP contribution is 2.08. The number of nitrogens with two attached hydrogens (primary N) is 1. The van der Waals surface area contributed by atoms with E-state index < -0.39 is 0 Å². The molecule has 4 heteroatoms. The van der Waals surface area contributed by atoms with Crippen molar-refractivity contribution in [3.63, 3.8) is 0 Å². The minimum atomic E-state index is 0.798. The van der Waals surface area contributed by atoms with Gasteiger partial charge in [-0.1, -0.05) is 12.1 Å². The lowest BCUT2D eigenvalue weighted by Gasteiger charge is -2.07. The van der Waals surface area contributed by atoms with Crippen LogP contribution in [0, 0.1) is 6.92 Å². The molecule has 1 aromatic carbocycles. The molecule has 4 nitrogen and oxygen atoms in total. The van der Waals surface area contributed by atoms with E-state index in [1.807, 2.05) is 31.2 Å². The van der Waals surface area contributed by atoms with Crippen molar-refractivity contribution in [3.8, 4) is 0 Å². The van der Waals surface area contributed by atoms with Crippen molar-refractivity contribution in [2.75, 3.05) is 17.6 Å². The number of nitrogen functional groups attached to an aromatic ring is 1. The average molecular weight is 228 g/mol. The van der Waals surface area contributed by atoms with Gasteiger partial charge in [0.15, 0.2) is 0 Å². The Morgan fingerprint density at radius 2 is 1.82 bits per heavy atom. The molecular formula is C13H16N4. The summed E-state index contributed by atoms with van der Waals surface area (Å²) in [5.41, 5.74) is 8.61. The normalized spacial score (nSPS) is 10.2. The highest BCUT2D eigenvalue weighted by Gasteiger charge is 1.98. The molecule has 0 saturated carbocycles. The van der Waals surface area contributed by atoms with E-state index >= 15 is 0 Å². The number of benzene rings is 1. The molecule has 3 N–H and O–H groups in total. The largest absolute Gasteiger partial charge is 0.399 e. The number of rotatable bonds is 4. The summed E-state index contributed by atoms with van der Waals surface area (Å²) in [7, 11) is 0. The number of anilines is 2. The zero-order chi connectivity index (χ0) is 12.1. The Bertz CT molecular complexity index is 479. The molecule has 0 aliphatic rings. The number of nitrogens with one attached hydrogen (secondary N) is 1. The van der Waals surface area contributed by atoms with E-state index in [1.54, 1.807) is 12.4 Å². The highest BCUT2D eigenvalue weighted by molar-refractivity contribution is 5.40. The van der Waals surface area contributed by atoms with Crippen LogP contribution in [0.25, 0.3) is 0 Å². The summed E-state index contributed by atoms with van der Waals surface area (Å²) >= 11 is 0. The van der Waals surface area contributed by atoms with Crippen molar-refractivity contribution in [1.29, 1.82) is 0 Å². The van der Waals surface area contributed by atoms with Crippen LogP contribution in [0.5, 0.6) is 0 Å². The SMILES string of the molecule is Cc1nccnc1NCCc1ccc(N)cc1. The van der Waals surface area contributed by atoms with Crippen LogP contribution in [0.15, 0.2) is 36.7 Å². The zero-order valence-electron chi connectivity index (χ0n) is 9.85. The molecule has 17 heavy (non-hydrogen) atoms. The molecule has 0 spiro atoms. The number of hydrogen-bond donors (Lipinski definition) is 2. The standard InChI is InChI=1S/C13H16N4/c1-10-13(17-9-8-15-10)16-7-6-11-2-4-12(14)5-3-11/h2-5,8-9H,6-7,14H2,1H3,(H,16,17). The molecule has 1 aromatic heterocycles. The zero-order valence-corrected chi connectivity index (χ0v) is 9.85. The van der Waals surface area contributed by atoms with Gasteiger partial charge in [-0.05, 0) is 31.0 Å². The Labute approximate surface area is 101 Å². The van der Waals surface area contributed by atoms with Crippen molar-refractivity contribution in [3.05, 3.63) is 47.9 Å². The van der Waals surface area contributed by atoms with Gasteiger partial charge in [0.05, 0.1) is 5.69 Å². The van der Waals surface area contributed by atoms with Crippen molar-refractivity contribution < 1.29 is 0 Å². The first-order chi connectivity index (χ1) is 8.25. The summed E-state index contributed by atoms with van der Waals surface area (Å²) in [6.07, 6.45) is 4.33. The molecule has 2 aromatic rings. The fraction of sp³-hybridized carbons (Fsp3) is 0.231. The Morgan fingerprint density at radius 1 is 1.12 bits per heavy atom. The first kappa shape index (κ1) is 11.4. The molecule has 0 amide bonds. The molecule has 88 valence electrons. The van der Waals surface area contributed by atoms with E-state index in [0.29, 0.717) is 0 Å². The quantitative estimate of drug-likeness (QED) is 0.786. The van der Waals surface area contributed by atoms with Crippen molar-refractivity contribution in [2.45, 2.75) is 13.3 Å². The van der Waals surface area contributed by atoms with Crippen LogP contribution >= 0.6 is 0 Å². The summed E-state index contributed by atoms with van der Waals surface area (Å²) in [5, 5.41) is 3.27. The Hall–Kier alpha value is -2.10. The topological polar surface area (TPSA) is 63.8 Å². The van der Waals surface area contributed by atoms with Crippen LogP contribution in [0.2, 0.25) is 0 Å². The van der Waals surface area contributed by atoms with E-state index in [-0.39, 0.29) is 0 Å². The van der Waals surface area contributed by atoms with Crippen molar-refractivity contribution in [1.82, 2.24) is 9.97 Å². The predicted molar refractivity (Wildman–Crippen MR) is 69.8 cm³/mol. The molecule has 0 aliphatic heterocycles. The fourth-order valence-electron chi connectivity index (χ4n) is 1.59. The van der Waals surface area contributed by atoms with Crippen LogP contribution in [0.1, 0.15) is 11.3 Å². The van der Waals surface area contributed by atoms with Gasteiger partial charge in [-0.25, -0.2) is 4.98 Å². The summed E-state index contributed by atoms with van der Waals surface area (Å²) in [6, 6.07) is 7.92. The second-order valence-corrected chi connectivity index (χ2v) is 3.91. The van der Waals surface area contributed by atoms with Crippen molar-refractivity contribution >= 4 is 11.5 Å². The molecule has 0 bridgehead atoms. The van der Waals surface area contributed by atoms with Gasteiger partial charge >= 0.3 is 0 Å². The number of hydrogen-bond acceptors (Lipinski definition) is 4. The smallest absolute Gasteiger partial charge is 0.147 e. The van der Waals surface area contributed by atoms with Crippen molar-refractivity contribution in [2.24, 2.45) is 0 Å². The highest BCUT2D eigenvalue weighted by atomic mass is 15.0.